The molecule has 0 saturated carbocycles. The van der Waals surface area contributed by atoms with Crippen molar-refractivity contribution in [2.24, 2.45) is 5.92 Å². The lowest BCUT2D eigenvalue weighted by Crippen LogP contribution is -2.29. The van der Waals surface area contributed by atoms with Crippen LogP contribution in [0, 0.1) is 17.6 Å². The number of hydrogen-bond donors (Lipinski definition) is 0. The van der Waals surface area contributed by atoms with Crippen LogP contribution in [-0.2, 0) is 0 Å². The van der Waals surface area contributed by atoms with Crippen LogP contribution in [0.5, 0.6) is 0 Å². The first-order valence-corrected chi connectivity index (χ1v) is 6.60. The number of halogens is 2. The Kier molecular flexibility index (Phi) is 4.62. The first-order chi connectivity index (χ1) is 9.97. The van der Waals surface area contributed by atoms with Crippen molar-refractivity contribution in [2.45, 2.75) is 6.92 Å². The third kappa shape index (κ3) is 3.84. The first kappa shape index (κ1) is 15.1. The average Bonchev–Trinajstić information content (AvgIpc) is 2.47. The van der Waals surface area contributed by atoms with Gasteiger partial charge in [-0.2, -0.15) is 0 Å². The summed E-state index contributed by atoms with van der Waals surface area (Å²) >= 11 is 0. The summed E-state index contributed by atoms with van der Waals surface area (Å²) in [5, 5.41) is 0. The number of Topliss-reactive ketones (excluding diaryl/α,β-unsaturated/α-hetero) is 1. The van der Waals surface area contributed by atoms with E-state index < -0.39 is 5.82 Å². The minimum absolute atomic E-state index is 0.149. The van der Waals surface area contributed by atoms with Crippen molar-refractivity contribution in [1.29, 1.82) is 0 Å². The summed E-state index contributed by atoms with van der Waals surface area (Å²) in [6.07, 6.45) is 1.03. The molecule has 0 N–H and O–H groups in total. The maximum atomic E-state index is 12.9. The minimum atomic E-state index is -0.470. The Labute approximate surface area is 122 Å². The van der Waals surface area contributed by atoms with Crippen LogP contribution < -0.4 is 4.90 Å². The monoisotopic (exact) mass is 290 g/mol. The van der Waals surface area contributed by atoms with Crippen LogP contribution in [-0.4, -0.2) is 24.4 Å². The summed E-state index contributed by atoms with van der Waals surface area (Å²) in [4.78, 5) is 17.9. The SMILES string of the molecule is CC(CN(C)c1ccc(F)cc1)C(=O)c1ccc(F)cn1. The smallest absolute Gasteiger partial charge is 0.185 e. The molecule has 0 fully saturated rings. The molecule has 2 aromatic rings. The van der Waals surface area contributed by atoms with E-state index in [1.165, 1.54) is 24.3 Å². The number of rotatable bonds is 5. The number of aromatic nitrogens is 1. The van der Waals surface area contributed by atoms with Crippen LogP contribution in [0.1, 0.15) is 17.4 Å². The molecule has 0 aliphatic rings. The normalized spacial score (nSPS) is 12.0. The van der Waals surface area contributed by atoms with E-state index in [9.17, 15) is 13.6 Å². The third-order valence-electron chi connectivity index (χ3n) is 3.24. The zero-order chi connectivity index (χ0) is 15.4. The molecule has 21 heavy (non-hydrogen) atoms. The van der Waals surface area contributed by atoms with E-state index in [1.807, 2.05) is 11.9 Å². The lowest BCUT2D eigenvalue weighted by Gasteiger charge is -2.22. The molecule has 1 aromatic heterocycles. The fourth-order valence-corrected chi connectivity index (χ4v) is 2.07. The van der Waals surface area contributed by atoms with Crippen LogP contribution in [0.15, 0.2) is 42.6 Å². The van der Waals surface area contributed by atoms with Gasteiger partial charge in [0.25, 0.3) is 0 Å². The van der Waals surface area contributed by atoms with E-state index in [1.54, 1.807) is 19.1 Å². The highest BCUT2D eigenvalue weighted by Gasteiger charge is 2.18. The Morgan fingerprint density at radius 2 is 1.76 bits per heavy atom. The van der Waals surface area contributed by atoms with Gasteiger partial charge in [0, 0.05) is 25.2 Å². The Hall–Kier alpha value is -2.30. The molecule has 0 amide bonds. The third-order valence-corrected chi connectivity index (χ3v) is 3.24. The van der Waals surface area contributed by atoms with Gasteiger partial charge < -0.3 is 4.90 Å². The summed E-state index contributed by atoms with van der Waals surface area (Å²) in [6, 6.07) is 8.66. The number of nitrogens with zero attached hydrogens (tertiary/aromatic N) is 2. The number of carbonyl (C=O) groups excluding carboxylic acids is 1. The number of benzene rings is 1. The topological polar surface area (TPSA) is 33.2 Å². The van der Waals surface area contributed by atoms with E-state index in [4.69, 9.17) is 0 Å². The van der Waals surface area contributed by atoms with Gasteiger partial charge in [0.05, 0.1) is 6.20 Å². The summed E-state index contributed by atoms with van der Waals surface area (Å²) < 4.78 is 25.7. The molecule has 0 aliphatic carbocycles. The highest BCUT2D eigenvalue weighted by molar-refractivity contribution is 5.96. The van der Waals surface area contributed by atoms with E-state index in [0.29, 0.717) is 6.54 Å². The molecule has 1 heterocycles. The molecule has 110 valence electrons. The lowest BCUT2D eigenvalue weighted by atomic mass is 10.0. The van der Waals surface area contributed by atoms with Crippen molar-refractivity contribution in [2.75, 3.05) is 18.5 Å². The zero-order valence-corrected chi connectivity index (χ0v) is 11.9. The van der Waals surface area contributed by atoms with Gasteiger partial charge >= 0.3 is 0 Å². The van der Waals surface area contributed by atoms with Crippen molar-refractivity contribution >= 4 is 11.5 Å². The number of hydrogen-bond acceptors (Lipinski definition) is 3. The molecule has 5 heteroatoms. The quantitative estimate of drug-likeness (QED) is 0.792. The zero-order valence-electron chi connectivity index (χ0n) is 11.9. The molecule has 0 spiro atoms. The Bertz CT molecular complexity index is 611. The van der Waals surface area contributed by atoms with Gasteiger partial charge in [-0.1, -0.05) is 6.92 Å². The standard InChI is InChI=1S/C16H16F2N2O/c1-11(16(21)15-8-5-13(18)9-19-15)10-20(2)14-6-3-12(17)4-7-14/h3-9,11H,10H2,1-2H3. The van der Waals surface area contributed by atoms with Crippen molar-refractivity contribution in [1.82, 2.24) is 4.98 Å². The molecule has 1 atom stereocenters. The number of ketones is 1. The summed E-state index contributed by atoms with van der Waals surface area (Å²) in [6.45, 7) is 2.25. The number of anilines is 1. The minimum Gasteiger partial charge on any atom is -0.374 e. The second-order valence-corrected chi connectivity index (χ2v) is 4.98. The Morgan fingerprint density at radius 3 is 2.33 bits per heavy atom. The number of pyridine rings is 1. The van der Waals surface area contributed by atoms with Crippen LogP contribution in [0.25, 0.3) is 0 Å². The van der Waals surface area contributed by atoms with Gasteiger partial charge in [-0.15, -0.1) is 0 Å². The van der Waals surface area contributed by atoms with E-state index in [2.05, 4.69) is 4.98 Å². The Morgan fingerprint density at radius 1 is 1.14 bits per heavy atom. The van der Waals surface area contributed by atoms with E-state index >= 15 is 0 Å². The van der Waals surface area contributed by atoms with Crippen molar-refractivity contribution < 1.29 is 13.6 Å². The van der Waals surface area contributed by atoms with Crippen molar-refractivity contribution in [3.8, 4) is 0 Å². The fourth-order valence-electron chi connectivity index (χ4n) is 2.07. The molecule has 0 saturated heterocycles. The molecular weight excluding hydrogens is 274 g/mol. The molecule has 1 aromatic carbocycles. The summed E-state index contributed by atoms with van der Waals surface area (Å²) in [5.41, 5.74) is 1.07. The van der Waals surface area contributed by atoms with Gasteiger partial charge in [0.1, 0.15) is 17.3 Å². The molecule has 0 bridgehead atoms. The molecule has 0 aliphatic heterocycles. The first-order valence-electron chi connectivity index (χ1n) is 6.60. The second-order valence-electron chi connectivity index (χ2n) is 4.98. The highest BCUT2D eigenvalue weighted by atomic mass is 19.1. The van der Waals surface area contributed by atoms with Gasteiger partial charge in [-0.05, 0) is 36.4 Å². The van der Waals surface area contributed by atoms with Gasteiger partial charge in [-0.3, -0.25) is 9.78 Å². The van der Waals surface area contributed by atoms with Crippen LogP contribution in [0.4, 0.5) is 14.5 Å². The van der Waals surface area contributed by atoms with Crippen LogP contribution >= 0.6 is 0 Å². The molecule has 1 unspecified atom stereocenters. The number of carbonyl (C=O) groups is 1. The van der Waals surface area contributed by atoms with Gasteiger partial charge in [-0.25, -0.2) is 8.78 Å². The summed E-state index contributed by atoms with van der Waals surface area (Å²) in [5.74, 6) is -1.23. The Balaban J connectivity index is 2.03. The molecule has 3 nitrogen and oxygen atoms in total. The van der Waals surface area contributed by atoms with E-state index in [0.717, 1.165) is 11.9 Å². The maximum absolute atomic E-state index is 12.9. The maximum Gasteiger partial charge on any atom is 0.185 e. The van der Waals surface area contributed by atoms with Crippen molar-refractivity contribution in [3.63, 3.8) is 0 Å². The fraction of sp³-hybridized carbons (Fsp3) is 0.250. The molecule has 2 rings (SSSR count). The highest BCUT2D eigenvalue weighted by Crippen LogP contribution is 2.16. The van der Waals surface area contributed by atoms with Crippen molar-refractivity contribution in [3.05, 3.63) is 59.9 Å². The van der Waals surface area contributed by atoms with Gasteiger partial charge in [0.15, 0.2) is 5.78 Å². The van der Waals surface area contributed by atoms with E-state index in [-0.39, 0.29) is 23.2 Å². The molecular formula is C16H16F2N2O. The lowest BCUT2D eigenvalue weighted by molar-refractivity contribution is 0.0928. The van der Waals surface area contributed by atoms with Gasteiger partial charge in [0.2, 0.25) is 0 Å². The molecule has 0 radical (unpaired) electrons. The second kappa shape index (κ2) is 6.43. The summed E-state index contributed by atoms with van der Waals surface area (Å²) in [7, 11) is 1.83. The van der Waals surface area contributed by atoms with Crippen LogP contribution in [0.3, 0.4) is 0 Å². The van der Waals surface area contributed by atoms with Crippen LogP contribution in [0.2, 0.25) is 0 Å². The largest absolute Gasteiger partial charge is 0.374 e. The predicted molar refractivity (Wildman–Crippen MR) is 77.4 cm³/mol. The average molecular weight is 290 g/mol. The predicted octanol–water partition coefficient (Wildman–Crippen LogP) is 3.32.